The average Bonchev–Trinajstić information content (AvgIpc) is 2.89. The number of benzene rings is 2. The van der Waals surface area contributed by atoms with Crippen molar-refractivity contribution in [3.63, 3.8) is 0 Å². The standard InChI is InChI=1S/C32H43N3O5/c1-7-32(35(5)6,19-24-11-9-8-10-12-24)28(37)25-13-15-27(16-14-25)39-17-18-40-29(38)34-26-20-30(2,3)22-31(4,21-26)33-23-36/h8-16,26H,7,17-22H2,1-6H3,(H,34,38). The summed E-state index contributed by atoms with van der Waals surface area (Å²) in [6.45, 7) is 8.41. The molecule has 8 heteroatoms. The first-order valence-electron chi connectivity index (χ1n) is 13.9. The smallest absolute Gasteiger partial charge is 0.407 e. The molecule has 1 amide bonds. The van der Waals surface area contributed by atoms with Gasteiger partial charge in [0.2, 0.25) is 6.08 Å². The third kappa shape index (κ3) is 8.03. The third-order valence-electron chi connectivity index (χ3n) is 7.89. The molecule has 216 valence electrons. The normalized spacial score (nSPS) is 21.5. The van der Waals surface area contributed by atoms with E-state index in [1.165, 1.54) is 0 Å². The van der Waals surface area contributed by atoms with Crippen LogP contribution in [0.1, 0.15) is 69.3 Å². The second-order valence-corrected chi connectivity index (χ2v) is 12.1. The molecule has 1 aliphatic carbocycles. The van der Waals surface area contributed by atoms with Crippen molar-refractivity contribution in [1.29, 1.82) is 0 Å². The van der Waals surface area contributed by atoms with Crippen LogP contribution in [0, 0.1) is 5.41 Å². The van der Waals surface area contributed by atoms with Crippen molar-refractivity contribution in [3.05, 3.63) is 65.7 Å². The molecule has 1 fully saturated rings. The molecular formula is C32H43N3O5. The van der Waals surface area contributed by atoms with Gasteiger partial charge in [-0.1, -0.05) is 51.1 Å². The lowest BCUT2D eigenvalue weighted by atomic mass is 9.67. The Balaban J connectivity index is 1.52. The molecule has 0 radical (unpaired) electrons. The summed E-state index contributed by atoms with van der Waals surface area (Å²) in [6.07, 6.45) is 4.52. The monoisotopic (exact) mass is 549 g/mol. The van der Waals surface area contributed by atoms with Crippen LogP contribution >= 0.6 is 0 Å². The van der Waals surface area contributed by atoms with Gasteiger partial charge >= 0.3 is 6.09 Å². The Bertz CT molecular complexity index is 1190. The molecule has 0 heterocycles. The molecule has 3 atom stereocenters. The minimum absolute atomic E-state index is 0.0660. The van der Waals surface area contributed by atoms with Gasteiger partial charge in [0.25, 0.3) is 0 Å². The minimum atomic E-state index is -0.657. The van der Waals surface area contributed by atoms with Gasteiger partial charge in [0.15, 0.2) is 5.78 Å². The molecular weight excluding hydrogens is 506 g/mol. The van der Waals surface area contributed by atoms with Gasteiger partial charge in [-0.3, -0.25) is 9.69 Å². The van der Waals surface area contributed by atoms with Crippen LogP contribution in [0.15, 0.2) is 59.6 Å². The van der Waals surface area contributed by atoms with Crippen molar-refractivity contribution >= 4 is 18.0 Å². The molecule has 0 bridgehead atoms. The molecule has 1 saturated carbocycles. The van der Waals surface area contributed by atoms with Gasteiger partial charge in [0.1, 0.15) is 19.0 Å². The van der Waals surface area contributed by atoms with Crippen molar-refractivity contribution < 1.29 is 23.9 Å². The van der Waals surface area contributed by atoms with Gasteiger partial charge in [-0.15, -0.1) is 0 Å². The maximum atomic E-state index is 13.7. The lowest BCUT2D eigenvalue weighted by Crippen LogP contribution is -2.52. The summed E-state index contributed by atoms with van der Waals surface area (Å²) >= 11 is 0. The number of rotatable bonds is 12. The topological polar surface area (TPSA) is 97.3 Å². The predicted molar refractivity (Wildman–Crippen MR) is 156 cm³/mol. The summed E-state index contributed by atoms with van der Waals surface area (Å²) in [4.78, 5) is 43.0. The molecule has 2 aromatic carbocycles. The number of aliphatic imine (C=N–C) groups is 1. The lowest BCUT2D eigenvalue weighted by molar-refractivity contribution is 0.0666. The number of hydrogen-bond acceptors (Lipinski definition) is 7. The van der Waals surface area contributed by atoms with Gasteiger partial charge in [-0.2, -0.15) is 4.99 Å². The number of carbonyl (C=O) groups is 2. The number of nitrogens with one attached hydrogen (secondary N) is 1. The number of carbonyl (C=O) groups excluding carboxylic acids is 3. The van der Waals surface area contributed by atoms with Crippen LogP contribution in [0.4, 0.5) is 4.79 Å². The summed E-state index contributed by atoms with van der Waals surface area (Å²) in [5, 5.41) is 2.90. The summed E-state index contributed by atoms with van der Waals surface area (Å²) in [5.74, 6) is 0.656. The van der Waals surface area contributed by atoms with Gasteiger partial charge in [0.05, 0.1) is 11.1 Å². The number of alkyl carbamates (subject to hydrolysis) is 1. The van der Waals surface area contributed by atoms with Crippen molar-refractivity contribution in [3.8, 4) is 5.75 Å². The van der Waals surface area contributed by atoms with Gasteiger partial charge in [-0.05, 0) is 88.4 Å². The fourth-order valence-corrected chi connectivity index (χ4v) is 6.19. The van der Waals surface area contributed by atoms with Gasteiger partial charge in [0, 0.05) is 11.6 Å². The van der Waals surface area contributed by atoms with E-state index >= 15 is 0 Å². The van der Waals surface area contributed by atoms with Gasteiger partial charge < -0.3 is 14.8 Å². The quantitative estimate of drug-likeness (QED) is 0.160. The van der Waals surface area contributed by atoms with Crippen molar-refractivity contribution in [2.24, 2.45) is 10.4 Å². The first-order chi connectivity index (χ1) is 18.9. The average molecular weight is 550 g/mol. The first-order valence-corrected chi connectivity index (χ1v) is 13.9. The summed E-state index contributed by atoms with van der Waals surface area (Å²) in [7, 11) is 3.90. The van der Waals surface area contributed by atoms with Crippen LogP contribution in [0.3, 0.4) is 0 Å². The molecule has 8 nitrogen and oxygen atoms in total. The highest BCUT2D eigenvalue weighted by atomic mass is 16.6. The molecule has 0 aromatic heterocycles. The molecule has 3 rings (SSSR count). The zero-order chi connectivity index (χ0) is 29.4. The first kappa shape index (κ1) is 31.1. The van der Waals surface area contributed by atoms with E-state index in [0.29, 0.717) is 30.6 Å². The maximum absolute atomic E-state index is 13.7. The van der Waals surface area contributed by atoms with Crippen molar-refractivity contribution in [2.45, 2.75) is 76.9 Å². The van der Waals surface area contributed by atoms with E-state index < -0.39 is 17.2 Å². The Morgan fingerprint density at radius 2 is 1.73 bits per heavy atom. The van der Waals surface area contributed by atoms with E-state index in [1.807, 2.05) is 51.0 Å². The highest BCUT2D eigenvalue weighted by Crippen LogP contribution is 2.42. The number of isocyanates is 1. The van der Waals surface area contributed by atoms with E-state index in [2.05, 4.69) is 36.3 Å². The minimum Gasteiger partial charge on any atom is -0.490 e. The van der Waals surface area contributed by atoms with Crippen LogP contribution in [-0.2, 0) is 16.0 Å². The van der Waals surface area contributed by atoms with E-state index in [-0.39, 0.29) is 30.5 Å². The van der Waals surface area contributed by atoms with E-state index in [9.17, 15) is 14.4 Å². The van der Waals surface area contributed by atoms with Crippen molar-refractivity contribution in [2.75, 3.05) is 27.3 Å². The zero-order valence-corrected chi connectivity index (χ0v) is 24.7. The second kappa shape index (κ2) is 13.2. The Labute approximate surface area is 238 Å². The van der Waals surface area contributed by atoms with Gasteiger partial charge in [-0.25, -0.2) is 9.59 Å². The molecule has 0 saturated heterocycles. The van der Waals surface area contributed by atoms with Crippen molar-refractivity contribution in [1.82, 2.24) is 10.2 Å². The van der Waals surface area contributed by atoms with Crippen LogP contribution in [0.25, 0.3) is 0 Å². The SMILES string of the molecule is CCC(Cc1ccccc1)(C(=O)c1ccc(OCCOC(=O)NC2CC(C)(C)CC(C)(N=C=O)C2)cc1)N(C)C. The van der Waals surface area contributed by atoms with Crippen LogP contribution in [0.5, 0.6) is 5.75 Å². The van der Waals surface area contributed by atoms with Crippen LogP contribution in [-0.4, -0.2) is 67.3 Å². The van der Waals surface area contributed by atoms with E-state index in [4.69, 9.17) is 9.47 Å². The number of amides is 1. The highest BCUT2D eigenvalue weighted by molar-refractivity contribution is 6.03. The molecule has 3 unspecified atom stereocenters. The second-order valence-electron chi connectivity index (χ2n) is 12.1. The number of ether oxygens (including phenoxy) is 2. The lowest BCUT2D eigenvalue weighted by Gasteiger charge is -2.43. The number of likely N-dealkylation sites (N-methyl/N-ethyl adjacent to an activating group) is 1. The number of Topliss-reactive ketones (excluding diaryl/α,β-unsaturated/α-hetero) is 1. The fraction of sp³-hybridized carbons (Fsp3) is 0.531. The van der Waals surface area contributed by atoms with E-state index in [0.717, 1.165) is 18.4 Å². The molecule has 0 aliphatic heterocycles. The number of hydrogen-bond donors (Lipinski definition) is 1. The number of ketones is 1. The Morgan fingerprint density at radius 3 is 2.33 bits per heavy atom. The number of nitrogens with zero attached hydrogens (tertiary/aromatic N) is 2. The fourth-order valence-electron chi connectivity index (χ4n) is 6.19. The summed E-state index contributed by atoms with van der Waals surface area (Å²) in [6, 6.07) is 17.0. The molecule has 0 spiro atoms. The molecule has 40 heavy (non-hydrogen) atoms. The molecule has 2 aromatic rings. The van der Waals surface area contributed by atoms with E-state index in [1.54, 1.807) is 30.3 Å². The Kier molecular flexibility index (Phi) is 10.3. The predicted octanol–water partition coefficient (Wildman–Crippen LogP) is 5.60. The highest BCUT2D eigenvalue weighted by Gasteiger charge is 2.42. The summed E-state index contributed by atoms with van der Waals surface area (Å²) in [5.41, 5.74) is 0.451. The zero-order valence-electron chi connectivity index (χ0n) is 24.7. The molecule has 1 aliphatic rings. The largest absolute Gasteiger partial charge is 0.490 e. The Morgan fingerprint density at radius 1 is 1.05 bits per heavy atom. The van der Waals surface area contributed by atoms with Crippen LogP contribution in [0.2, 0.25) is 0 Å². The Hall–Kier alpha value is -3.48. The van der Waals surface area contributed by atoms with Crippen LogP contribution < -0.4 is 10.1 Å². The maximum Gasteiger partial charge on any atom is 0.407 e. The summed E-state index contributed by atoms with van der Waals surface area (Å²) < 4.78 is 11.1. The molecule has 1 N–H and O–H groups in total. The third-order valence-corrected chi connectivity index (χ3v) is 7.89.